The van der Waals surface area contributed by atoms with Gasteiger partial charge in [0, 0.05) is 30.1 Å². The molecule has 15 heteroatoms. The first-order chi connectivity index (χ1) is 31.9. The van der Waals surface area contributed by atoms with Crippen molar-refractivity contribution in [2.24, 2.45) is 28.6 Å². The number of hydrogen-bond donors (Lipinski definition) is 2. The van der Waals surface area contributed by atoms with Gasteiger partial charge in [0.15, 0.2) is 5.60 Å². The van der Waals surface area contributed by atoms with Crippen LogP contribution < -0.4 is 5.32 Å². The summed E-state index contributed by atoms with van der Waals surface area (Å²) in [6.45, 7) is 16.6. The van der Waals surface area contributed by atoms with E-state index in [-0.39, 0.29) is 24.6 Å². The fraction of sp³-hybridized carbons (Fsp3) is 0.509. The first-order valence-corrected chi connectivity index (χ1v) is 23.1. The molecule has 11 atom stereocenters. The third kappa shape index (κ3) is 9.14. The third-order valence-corrected chi connectivity index (χ3v) is 14.7. The van der Waals surface area contributed by atoms with Gasteiger partial charge in [-0.15, -0.1) is 0 Å². The van der Waals surface area contributed by atoms with Crippen molar-refractivity contribution < 1.29 is 67.0 Å². The zero-order valence-corrected chi connectivity index (χ0v) is 40.4. The quantitative estimate of drug-likeness (QED) is 0.106. The van der Waals surface area contributed by atoms with Crippen molar-refractivity contribution in [1.29, 1.82) is 0 Å². The van der Waals surface area contributed by atoms with Gasteiger partial charge in [-0.25, -0.2) is 19.2 Å². The van der Waals surface area contributed by atoms with Crippen molar-refractivity contribution in [1.82, 2.24) is 5.32 Å². The molecule has 7 rings (SSSR count). The third-order valence-electron chi connectivity index (χ3n) is 14.7. The summed E-state index contributed by atoms with van der Waals surface area (Å²) in [5.74, 6) is -5.36. The number of fused-ring (bicyclic) bond motifs is 5. The highest BCUT2D eigenvalue weighted by atomic mass is 16.7. The van der Waals surface area contributed by atoms with Gasteiger partial charge in [-0.2, -0.15) is 0 Å². The fourth-order valence-corrected chi connectivity index (χ4v) is 11.3. The maximum absolute atomic E-state index is 15.6. The molecule has 0 aromatic heterocycles. The Morgan fingerprint density at radius 1 is 0.882 bits per heavy atom. The Bertz CT molecular complexity index is 2430. The minimum atomic E-state index is -2.17. The Morgan fingerprint density at radius 3 is 2.06 bits per heavy atom. The second-order valence-electron chi connectivity index (χ2n) is 20.4. The van der Waals surface area contributed by atoms with Crippen molar-refractivity contribution >= 4 is 35.9 Å². The van der Waals surface area contributed by atoms with Gasteiger partial charge in [0.25, 0.3) is 0 Å². The number of ketones is 1. The molecule has 2 bridgehead atoms. The second-order valence-corrected chi connectivity index (χ2v) is 20.4. The summed E-state index contributed by atoms with van der Waals surface area (Å²) in [6, 6.07) is 23.9. The molecule has 68 heavy (non-hydrogen) atoms. The number of ether oxygens (including phenoxy) is 7. The number of Topliss-reactive ketones (excluding diaryl/α,β-unsaturated/α-hetero) is 1. The summed E-state index contributed by atoms with van der Waals surface area (Å²) in [5, 5.41) is 16.6. The number of hydrogen-bond acceptors (Lipinski definition) is 14. The molecular weight excluding hydrogens is 875 g/mol. The Labute approximate surface area is 397 Å². The molecule has 1 heterocycles. The molecule has 4 aliphatic rings. The zero-order chi connectivity index (χ0) is 49.6. The smallest absolute Gasteiger partial charge is 0.455 e. The van der Waals surface area contributed by atoms with E-state index >= 15 is 9.59 Å². The van der Waals surface area contributed by atoms with E-state index in [2.05, 4.69) is 5.32 Å². The van der Waals surface area contributed by atoms with E-state index in [0.29, 0.717) is 28.7 Å². The molecule has 0 spiro atoms. The Kier molecular flexibility index (Phi) is 13.8. The normalized spacial score (nSPS) is 30.2. The summed E-state index contributed by atoms with van der Waals surface area (Å²) >= 11 is 0. The molecule has 3 aliphatic carbocycles. The Balaban J connectivity index is 1.36. The van der Waals surface area contributed by atoms with Crippen molar-refractivity contribution in [2.75, 3.05) is 6.61 Å². The summed E-state index contributed by atoms with van der Waals surface area (Å²) < 4.78 is 42.2. The number of rotatable bonds is 11. The predicted molar refractivity (Wildman–Crippen MR) is 245 cm³/mol. The van der Waals surface area contributed by atoms with Crippen LogP contribution in [0.5, 0.6) is 0 Å². The van der Waals surface area contributed by atoms with Gasteiger partial charge in [-0.1, -0.05) is 113 Å². The maximum atomic E-state index is 15.6. The van der Waals surface area contributed by atoms with Crippen molar-refractivity contribution in [3.63, 3.8) is 0 Å². The standard InChI is InChI=1S/C53H63NO14/c1-30-26-38-52(29-63-38,67-33(4)55)42-44(66-45(57)36-24-18-13-19-25-36)53(61)27-37(31(2)39(50(53,8)9)32(3)43(56)51(30,42)10)64-46(58)41(65-48(60)62-28-34-20-14-11-15-21-34)40(35-22-16-12-17-23-35)54-47(59)68-49(5,6)7/h11-25,30,32,37-38,40-42,44,61H,26-29H2,1-10H3,(H,54,59)/t30-,32+,37-,38+,40-,41+,42?,44-,51+,52-,53+/m0/s1. The summed E-state index contributed by atoms with van der Waals surface area (Å²) in [5.41, 5.74) is -5.35. The SMILES string of the molecule is CC(=O)O[C@@]12CO[C@@H]1C[C@H](C)[C@@]1(C)C(=O)[C@H](C)C3=C(C)[C@@H](OC(=O)[C@H](OC(=O)OCc4ccccc4)[C@@H](NC(=O)OC(C)(C)C)c4ccccc4)C[C@@](O)([C@@H](OC(=O)c4ccccc4)C12)C3(C)C. The molecule has 15 nitrogen and oxygen atoms in total. The fourth-order valence-electron chi connectivity index (χ4n) is 11.3. The van der Waals surface area contributed by atoms with Gasteiger partial charge in [0.05, 0.1) is 18.1 Å². The van der Waals surface area contributed by atoms with E-state index in [4.69, 9.17) is 33.2 Å². The lowest BCUT2D eigenvalue weighted by Gasteiger charge is -2.68. The zero-order valence-electron chi connectivity index (χ0n) is 40.4. The summed E-state index contributed by atoms with van der Waals surface area (Å²) in [6.07, 6.45) is -7.81. The van der Waals surface area contributed by atoms with Crippen LogP contribution >= 0.6 is 0 Å². The molecule has 1 unspecified atom stereocenters. The molecule has 1 amide bonds. The van der Waals surface area contributed by atoms with E-state index in [1.807, 2.05) is 6.92 Å². The van der Waals surface area contributed by atoms with Crippen molar-refractivity contribution in [2.45, 2.75) is 136 Å². The molecule has 3 fully saturated rings. The lowest BCUT2D eigenvalue weighted by atomic mass is 9.42. The predicted octanol–water partition coefficient (Wildman–Crippen LogP) is 8.17. The van der Waals surface area contributed by atoms with Gasteiger partial charge in [-0.3, -0.25) is 9.59 Å². The van der Waals surface area contributed by atoms with Gasteiger partial charge >= 0.3 is 30.2 Å². The average molecular weight is 938 g/mol. The van der Waals surface area contributed by atoms with E-state index in [1.54, 1.807) is 146 Å². The highest BCUT2D eigenvalue weighted by Crippen LogP contribution is 2.66. The van der Waals surface area contributed by atoms with E-state index in [1.165, 1.54) is 6.92 Å². The number of carbonyl (C=O) groups excluding carboxylic acids is 6. The van der Waals surface area contributed by atoms with Crippen LogP contribution in [0.1, 0.15) is 110 Å². The maximum Gasteiger partial charge on any atom is 0.509 e. The Morgan fingerprint density at radius 2 is 1.49 bits per heavy atom. The minimum absolute atomic E-state index is 0.132. The van der Waals surface area contributed by atoms with Crippen LogP contribution in [0.15, 0.2) is 102 Å². The average Bonchev–Trinajstić information content (AvgIpc) is 3.28. The summed E-state index contributed by atoms with van der Waals surface area (Å²) in [4.78, 5) is 85.4. The molecule has 2 saturated carbocycles. The summed E-state index contributed by atoms with van der Waals surface area (Å²) in [7, 11) is 0. The highest BCUT2D eigenvalue weighted by molar-refractivity contribution is 5.92. The number of aliphatic hydroxyl groups is 1. The second kappa shape index (κ2) is 18.8. The van der Waals surface area contributed by atoms with Crippen molar-refractivity contribution in [3.8, 4) is 0 Å². The minimum Gasteiger partial charge on any atom is -0.455 e. The van der Waals surface area contributed by atoms with Crippen LogP contribution in [-0.4, -0.2) is 88.9 Å². The van der Waals surface area contributed by atoms with E-state index in [9.17, 15) is 24.3 Å². The lowest BCUT2D eigenvalue weighted by molar-refractivity contribution is -0.339. The van der Waals surface area contributed by atoms with Crippen LogP contribution in [0, 0.1) is 28.6 Å². The molecular formula is C53H63NO14. The number of esters is 3. The van der Waals surface area contributed by atoms with Gasteiger partial charge < -0.3 is 43.6 Å². The van der Waals surface area contributed by atoms with E-state index in [0.717, 1.165) is 0 Å². The monoisotopic (exact) mass is 937 g/mol. The molecule has 364 valence electrons. The van der Waals surface area contributed by atoms with Crippen LogP contribution in [0.4, 0.5) is 9.59 Å². The highest BCUT2D eigenvalue weighted by Gasteiger charge is 2.77. The van der Waals surface area contributed by atoms with Gasteiger partial charge in [0.1, 0.15) is 47.9 Å². The Hall–Kier alpha value is -6.06. The van der Waals surface area contributed by atoms with Gasteiger partial charge in [-0.05, 0) is 74.4 Å². The number of nitrogens with one attached hydrogen (secondary N) is 1. The topological polar surface area (TPSA) is 199 Å². The van der Waals surface area contributed by atoms with Gasteiger partial charge in [0.2, 0.25) is 6.10 Å². The molecule has 1 aliphatic heterocycles. The molecule has 0 radical (unpaired) electrons. The van der Waals surface area contributed by atoms with Crippen LogP contribution in [0.2, 0.25) is 0 Å². The number of alkyl carbamates (subject to hydrolysis) is 1. The molecule has 1 saturated heterocycles. The molecule has 3 aromatic carbocycles. The van der Waals surface area contributed by atoms with Crippen LogP contribution in [0.25, 0.3) is 0 Å². The van der Waals surface area contributed by atoms with Crippen molar-refractivity contribution in [3.05, 3.63) is 119 Å². The van der Waals surface area contributed by atoms with E-state index < -0.39 is 112 Å². The molecule has 3 aromatic rings. The first-order valence-electron chi connectivity index (χ1n) is 23.1. The number of benzene rings is 3. The molecule has 2 N–H and O–H groups in total. The first kappa shape index (κ1) is 49.8. The number of carbonyl (C=O) groups is 6. The van der Waals surface area contributed by atoms with Crippen LogP contribution in [-0.2, 0) is 54.1 Å². The van der Waals surface area contributed by atoms with Crippen LogP contribution in [0.3, 0.4) is 0 Å². The lowest BCUT2D eigenvalue weighted by Crippen LogP contribution is -2.80. The largest absolute Gasteiger partial charge is 0.509 e. The number of amides is 1.